The molecule has 0 unspecified atom stereocenters. The highest BCUT2D eigenvalue weighted by Crippen LogP contribution is 2.28. The molecule has 4 heterocycles. The molecule has 0 saturated carbocycles. The Labute approximate surface area is 169 Å². The minimum absolute atomic E-state index is 0.747. The van der Waals surface area contributed by atoms with Gasteiger partial charge in [-0.15, -0.1) is 0 Å². The van der Waals surface area contributed by atoms with E-state index in [9.17, 15) is 0 Å². The summed E-state index contributed by atoms with van der Waals surface area (Å²) in [5, 5.41) is 1.10. The van der Waals surface area contributed by atoms with Crippen molar-refractivity contribution in [3.8, 4) is 11.4 Å². The SMILES string of the molecule is c1ccc(CN2CCN(c3nc(-c4ccncc4)nc4ccccc34)CC2)nc1. The Bertz CT molecular complexity index is 1090. The van der Waals surface area contributed by atoms with Crippen LogP contribution < -0.4 is 4.90 Å². The molecule has 1 fully saturated rings. The van der Waals surface area contributed by atoms with Crippen molar-refractivity contribution in [3.63, 3.8) is 0 Å². The highest BCUT2D eigenvalue weighted by Gasteiger charge is 2.21. The van der Waals surface area contributed by atoms with Crippen molar-refractivity contribution in [1.29, 1.82) is 0 Å². The lowest BCUT2D eigenvalue weighted by molar-refractivity contribution is 0.247. The third-order valence-electron chi connectivity index (χ3n) is 5.31. The molecule has 29 heavy (non-hydrogen) atoms. The van der Waals surface area contributed by atoms with Gasteiger partial charge in [-0.2, -0.15) is 0 Å². The van der Waals surface area contributed by atoms with Gasteiger partial charge in [-0.3, -0.25) is 14.9 Å². The normalized spacial score (nSPS) is 15.0. The molecule has 1 aliphatic rings. The van der Waals surface area contributed by atoms with Crippen LogP contribution in [-0.4, -0.2) is 51.0 Å². The molecule has 1 saturated heterocycles. The van der Waals surface area contributed by atoms with Gasteiger partial charge in [0.2, 0.25) is 0 Å². The van der Waals surface area contributed by atoms with Gasteiger partial charge >= 0.3 is 0 Å². The summed E-state index contributed by atoms with van der Waals surface area (Å²) in [5.74, 6) is 1.76. The third-order valence-corrected chi connectivity index (χ3v) is 5.31. The number of rotatable bonds is 4. The number of pyridine rings is 2. The number of hydrogen-bond acceptors (Lipinski definition) is 6. The van der Waals surface area contributed by atoms with E-state index in [1.165, 1.54) is 0 Å². The lowest BCUT2D eigenvalue weighted by atomic mass is 10.2. The lowest BCUT2D eigenvalue weighted by Gasteiger charge is -2.35. The Kier molecular flexibility index (Phi) is 4.84. The molecular weight excluding hydrogens is 360 g/mol. The molecule has 3 aromatic heterocycles. The van der Waals surface area contributed by atoms with Crippen LogP contribution in [0.1, 0.15) is 5.69 Å². The molecule has 0 bridgehead atoms. The minimum Gasteiger partial charge on any atom is -0.353 e. The second-order valence-electron chi connectivity index (χ2n) is 7.21. The number of nitrogens with zero attached hydrogens (tertiary/aromatic N) is 6. The standard InChI is InChI=1S/C23H22N6/c1-2-7-21-20(6-1)23(27-22(26-21)18-8-11-24-12-9-18)29-15-13-28(14-16-29)17-19-5-3-4-10-25-19/h1-12H,13-17H2. The second kappa shape index (κ2) is 7.93. The van der Waals surface area contributed by atoms with Gasteiger partial charge in [0.15, 0.2) is 5.82 Å². The first-order valence-electron chi connectivity index (χ1n) is 9.91. The average molecular weight is 382 g/mol. The topological polar surface area (TPSA) is 58.0 Å². The molecule has 4 aromatic rings. The summed E-state index contributed by atoms with van der Waals surface area (Å²) in [4.78, 5) is 23.1. The van der Waals surface area contributed by atoms with E-state index in [0.29, 0.717) is 0 Å². The van der Waals surface area contributed by atoms with E-state index in [-0.39, 0.29) is 0 Å². The molecule has 0 atom stereocenters. The maximum absolute atomic E-state index is 4.96. The summed E-state index contributed by atoms with van der Waals surface area (Å²) in [5.41, 5.74) is 3.08. The summed E-state index contributed by atoms with van der Waals surface area (Å²) in [6.45, 7) is 4.73. The smallest absolute Gasteiger partial charge is 0.162 e. The van der Waals surface area contributed by atoms with Gasteiger partial charge in [-0.1, -0.05) is 18.2 Å². The number of para-hydroxylation sites is 1. The number of aromatic nitrogens is 4. The molecule has 1 aromatic carbocycles. The van der Waals surface area contributed by atoms with Crippen molar-refractivity contribution in [3.05, 3.63) is 78.9 Å². The van der Waals surface area contributed by atoms with Crippen LogP contribution in [0.3, 0.4) is 0 Å². The maximum atomic E-state index is 4.96. The van der Waals surface area contributed by atoms with E-state index in [4.69, 9.17) is 9.97 Å². The molecule has 6 nitrogen and oxygen atoms in total. The van der Waals surface area contributed by atoms with Crippen LogP contribution in [0.2, 0.25) is 0 Å². The summed E-state index contributed by atoms with van der Waals surface area (Å²) < 4.78 is 0. The van der Waals surface area contributed by atoms with Gasteiger partial charge in [0.05, 0.1) is 11.2 Å². The predicted molar refractivity (Wildman–Crippen MR) is 114 cm³/mol. The Hall–Kier alpha value is -3.38. The summed E-state index contributed by atoms with van der Waals surface area (Å²) >= 11 is 0. The van der Waals surface area contributed by atoms with Crippen LogP contribution >= 0.6 is 0 Å². The Morgan fingerprint density at radius 1 is 0.759 bits per heavy atom. The van der Waals surface area contributed by atoms with Crippen molar-refractivity contribution < 1.29 is 0 Å². The minimum atomic E-state index is 0.747. The van der Waals surface area contributed by atoms with Gasteiger partial charge in [0, 0.05) is 62.3 Å². The van der Waals surface area contributed by atoms with E-state index in [2.05, 4.69) is 44.0 Å². The van der Waals surface area contributed by atoms with E-state index in [0.717, 1.165) is 66.5 Å². The molecule has 0 spiro atoms. The van der Waals surface area contributed by atoms with E-state index < -0.39 is 0 Å². The largest absolute Gasteiger partial charge is 0.353 e. The molecular formula is C23H22N6. The highest BCUT2D eigenvalue weighted by atomic mass is 15.3. The molecule has 0 aliphatic carbocycles. The number of benzene rings is 1. The fourth-order valence-electron chi connectivity index (χ4n) is 3.77. The van der Waals surface area contributed by atoms with Crippen LogP contribution in [-0.2, 0) is 6.54 Å². The summed E-state index contributed by atoms with van der Waals surface area (Å²) in [6, 6.07) is 18.3. The molecule has 0 amide bonds. The number of piperazine rings is 1. The van der Waals surface area contributed by atoms with Crippen molar-refractivity contribution >= 4 is 16.7 Å². The molecule has 144 valence electrons. The van der Waals surface area contributed by atoms with Crippen LogP contribution in [0.5, 0.6) is 0 Å². The fourth-order valence-corrected chi connectivity index (χ4v) is 3.77. The van der Waals surface area contributed by atoms with Crippen LogP contribution in [0.25, 0.3) is 22.3 Å². The van der Waals surface area contributed by atoms with Gasteiger partial charge in [-0.05, 0) is 36.4 Å². The van der Waals surface area contributed by atoms with Crippen LogP contribution in [0.4, 0.5) is 5.82 Å². The van der Waals surface area contributed by atoms with Crippen molar-refractivity contribution in [2.24, 2.45) is 0 Å². The number of anilines is 1. The quantitative estimate of drug-likeness (QED) is 0.539. The third kappa shape index (κ3) is 3.79. The first-order valence-corrected chi connectivity index (χ1v) is 9.91. The van der Waals surface area contributed by atoms with Crippen LogP contribution in [0, 0.1) is 0 Å². The molecule has 6 heteroatoms. The monoisotopic (exact) mass is 382 g/mol. The first kappa shape index (κ1) is 17.7. The number of hydrogen-bond donors (Lipinski definition) is 0. The Morgan fingerprint density at radius 3 is 2.34 bits per heavy atom. The van der Waals surface area contributed by atoms with Crippen molar-refractivity contribution in [1.82, 2.24) is 24.8 Å². The van der Waals surface area contributed by atoms with Crippen molar-refractivity contribution in [2.75, 3.05) is 31.1 Å². The van der Waals surface area contributed by atoms with Gasteiger partial charge < -0.3 is 4.90 Å². The lowest BCUT2D eigenvalue weighted by Crippen LogP contribution is -2.46. The fraction of sp³-hybridized carbons (Fsp3) is 0.217. The van der Waals surface area contributed by atoms with Gasteiger partial charge in [0.25, 0.3) is 0 Å². The molecule has 1 aliphatic heterocycles. The zero-order valence-corrected chi connectivity index (χ0v) is 16.1. The van der Waals surface area contributed by atoms with E-state index in [1.54, 1.807) is 12.4 Å². The van der Waals surface area contributed by atoms with Gasteiger partial charge in [-0.25, -0.2) is 9.97 Å². The second-order valence-corrected chi connectivity index (χ2v) is 7.21. The Morgan fingerprint density at radius 2 is 1.55 bits per heavy atom. The van der Waals surface area contributed by atoms with Crippen molar-refractivity contribution in [2.45, 2.75) is 6.54 Å². The van der Waals surface area contributed by atoms with Gasteiger partial charge in [0.1, 0.15) is 5.82 Å². The summed E-state index contributed by atoms with van der Waals surface area (Å²) in [7, 11) is 0. The predicted octanol–water partition coefficient (Wildman–Crippen LogP) is 3.41. The molecule has 0 radical (unpaired) electrons. The summed E-state index contributed by atoms with van der Waals surface area (Å²) in [6.07, 6.45) is 5.42. The molecule has 5 rings (SSSR count). The van der Waals surface area contributed by atoms with E-state index in [1.807, 2.05) is 36.5 Å². The average Bonchev–Trinajstić information content (AvgIpc) is 2.80. The first-order chi connectivity index (χ1) is 14.4. The molecule has 0 N–H and O–H groups in total. The van der Waals surface area contributed by atoms with Crippen LogP contribution in [0.15, 0.2) is 73.2 Å². The highest BCUT2D eigenvalue weighted by molar-refractivity contribution is 5.91. The van der Waals surface area contributed by atoms with E-state index >= 15 is 0 Å². The number of fused-ring (bicyclic) bond motifs is 1. The maximum Gasteiger partial charge on any atom is 0.162 e. The zero-order valence-electron chi connectivity index (χ0n) is 16.1. The zero-order chi connectivity index (χ0) is 19.5. The Balaban J connectivity index is 1.41.